The van der Waals surface area contributed by atoms with Crippen LogP contribution in [-0.2, 0) is 0 Å². The van der Waals surface area contributed by atoms with E-state index in [1.54, 1.807) is 0 Å². The Balaban J connectivity index is 1.35. The Morgan fingerprint density at radius 2 is 1.91 bits per heavy atom. The first-order valence-electron chi connectivity index (χ1n) is 8.96. The number of rotatable bonds is 3. The number of benzene rings is 1. The summed E-state index contributed by atoms with van der Waals surface area (Å²) in [7, 11) is 0. The second kappa shape index (κ2) is 5.94. The summed E-state index contributed by atoms with van der Waals surface area (Å²) in [5.41, 5.74) is 2.44. The van der Waals surface area contributed by atoms with Gasteiger partial charge in [-0.05, 0) is 78.8 Å². The summed E-state index contributed by atoms with van der Waals surface area (Å²) in [6.07, 6.45) is 8.85. The maximum Gasteiger partial charge on any atom is 0.171 e. The molecule has 0 aliphatic heterocycles. The molecule has 0 heterocycles. The molecule has 3 aliphatic rings. The number of nitrogens with one attached hydrogen (secondary N) is 2. The summed E-state index contributed by atoms with van der Waals surface area (Å²) in [6.45, 7) is 4.43. The Morgan fingerprint density at radius 1 is 1.13 bits per heavy atom. The lowest BCUT2D eigenvalue weighted by Crippen LogP contribution is -2.44. The number of allylic oxidation sites excluding steroid dienone is 2. The lowest BCUT2D eigenvalue weighted by molar-refractivity contribution is 0.246. The molecule has 1 aromatic carbocycles. The monoisotopic (exact) mass is 326 g/mol. The van der Waals surface area contributed by atoms with Crippen molar-refractivity contribution in [1.82, 2.24) is 5.32 Å². The third-order valence-electron chi connectivity index (χ3n) is 6.16. The van der Waals surface area contributed by atoms with Crippen LogP contribution in [0.4, 0.5) is 5.69 Å². The van der Waals surface area contributed by atoms with Crippen LogP contribution in [0.2, 0.25) is 0 Å². The van der Waals surface area contributed by atoms with Crippen LogP contribution in [0.25, 0.3) is 0 Å². The van der Waals surface area contributed by atoms with Crippen LogP contribution < -0.4 is 10.6 Å². The molecular formula is C20H26N2S. The van der Waals surface area contributed by atoms with Crippen molar-refractivity contribution in [3.05, 3.63) is 42.0 Å². The van der Waals surface area contributed by atoms with Gasteiger partial charge in [-0.25, -0.2) is 0 Å². The summed E-state index contributed by atoms with van der Waals surface area (Å²) in [5, 5.41) is 7.73. The van der Waals surface area contributed by atoms with Crippen molar-refractivity contribution in [2.75, 3.05) is 5.32 Å². The van der Waals surface area contributed by atoms with Gasteiger partial charge in [-0.1, -0.05) is 38.1 Å². The van der Waals surface area contributed by atoms with Crippen LogP contribution >= 0.6 is 12.2 Å². The molecule has 4 rings (SSSR count). The molecular weight excluding hydrogens is 300 g/mol. The van der Waals surface area contributed by atoms with Gasteiger partial charge < -0.3 is 10.6 Å². The van der Waals surface area contributed by atoms with E-state index >= 15 is 0 Å². The predicted molar refractivity (Wildman–Crippen MR) is 101 cm³/mol. The Morgan fingerprint density at radius 3 is 2.65 bits per heavy atom. The minimum Gasteiger partial charge on any atom is -0.359 e. The van der Waals surface area contributed by atoms with Crippen LogP contribution in [0.3, 0.4) is 0 Å². The number of thiocarbonyl (C=S) groups is 1. The highest BCUT2D eigenvalue weighted by molar-refractivity contribution is 7.80. The first-order chi connectivity index (χ1) is 11.1. The molecule has 0 radical (unpaired) electrons. The molecule has 2 nitrogen and oxygen atoms in total. The zero-order chi connectivity index (χ0) is 16.0. The van der Waals surface area contributed by atoms with Gasteiger partial charge in [-0.3, -0.25) is 0 Å². The fourth-order valence-corrected chi connectivity index (χ4v) is 5.27. The predicted octanol–water partition coefficient (Wildman–Crippen LogP) is 4.70. The smallest absolute Gasteiger partial charge is 0.171 e. The maximum atomic E-state index is 5.55. The zero-order valence-electron chi connectivity index (χ0n) is 14.0. The SMILES string of the molecule is CC(C)c1ccc(NC(=S)N[C@H]2C[C@@H]3C[C@@H]2[C@H]2C=CC[C@H]32)cc1. The Hall–Kier alpha value is -1.35. The van der Waals surface area contributed by atoms with Gasteiger partial charge in [0.1, 0.15) is 0 Å². The molecule has 3 heteroatoms. The molecule has 2 saturated carbocycles. The van der Waals surface area contributed by atoms with E-state index in [0.29, 0.717) is 12.0 Å². The van der Waals surface area contributed by atoms with E-state index in [4.69, 9.17) is 12.2 Å². The highest BCUT2D eigenvalue weighted by atomic mass is 32.1. The summed E-state index contributed by atoms with van der Waals surface area (Å²) in [4.78, 5) is 0. The lowest BCUT2D eigenvalue weighted by atomic mass is 9.79. The second-order valence-electron chi connectivity index (χ2n) is 7.78. The molecule has 122 valence electrons. The molecule has 2 N–H and O–H groups in total. The van der Waals surface area contributed by atoms with Crippen LogP contribution in [0.5, 0.6) is 0 Å². The Kier molecular flexibility index (Phi) is 3.92. The van der Waals surface area contributed by atoms with Gasteiger partial charge in [-0.2, -0.15) is 0 Å². The summed E-state index contributed by atoms with van der Waals surface area (Å²) >= 11 is 5.55. The minimum atomic E-state index is 0.555. The standard InChI is InChI=1S/C20H26N2S/c1-12(2)13-6-8-15(9-7-13)21-20(23)22-19-11-14-10-18(19)17-5-3-4-16(14)17/h3,5-9,12,14,16-19H,4,10-11H2,1-2H3,(H2,21,22,23)/t14-,16+,17-,18+,19-/m0/s1. The Bertz CT molecular complexity index is 619. The second-order valence-corrected chi connectivity index (χ2v) is 8.19. The highest BCUT2D eigenvalue weighted by Crippen LogP contribution is 2.56. The normalized spacial score (nSPS) is 34.0. The number of hydrogen-bond donors (Lipinski definition) is 2. The average Bonchev–Trinajstić information content (AvgIpc) is 3.19. The summed E-state index contributed by atoms with van der Waals surface area (Å²) in [6, 6.07) is 9.17. The van der Waals surface area contributed by atoms with Crippen molar-refractivity contribution in [1.29, 1.82) is 0 Å². The molecule has 23 heavy (non-hydrogen) atoms. The Labute approximate surface area is 144 Å². The lowest BCUT2D eigenvalue weighted by Gasteiger charge is -2.32. The van der Waals surface area contributed by atoms with Gasteiger partial charge in [0.25, 0.3) is 0 Å². The first kappa shape index (κ1) is 15.2. The van der Waals surface area contributed by atoms with Gasteiger partial charge in [-0.15, -0.1) is 0 Å². The molecule has 0 aromatic heterocycles. The van der Waals surface area contributed by atoms with E-state index in [2.05, 4.69) is 60.9 Å². The minimum absolute atomic E-state index is 0.555. The van der Waals surface area contributed by atoms with Crippen molar-refractivity contribution in [2.45, 2.75) is 45.1 Å². The maximum absolute atomic E-state index is 5.55. The van der Waals surface area contributed by atoms with E-state index in [0.717, 1.165) is 34.5 Å². The van der Waals surface area contributed by atoms with E-state index in [1.807, 2.05) is 0 Å². The molecule has 3 aliphatic carbocycles. The van der Waals surface area contributed by atoms with Crippen LogP contribution in [0.1, 0.15) is 44.6 Å². The van der Waals surface area contributed by atoms with E-state index in [1.165, 1.54) is 24.8 Å². The fraction of sp³-hybridized carbons (Fsp3) is 0.550. The van der Waals surface area contributed by atoms with Crippen molar-refractivity contribution < 1.29 is 0 Å². The quantitative estimate of drug-likeness (QED) is 0.622. The van der Waals surface area contributed by atoms with Crippen molar-refractivity contribution in [2.24, 2.45) is 23.7 Å². The molecule has 0 unspecified atom stereocenters. The molecule has 2 fully saturated rings. The van der Waals surface area contributed by atoms with Crippen LogP contribution in [-0.4, -0.2) is 11.2 Å². The number of fused-ring (bicyclic) bond motifs is 5. The van der Waals surface area contributed by atoms with E-state index < -0.39 is 0 Å². The van der Waals surface area contributed by atoms with E-state index in [9.17, 15) is 0 Å². The van der Waals surface area contributed by atoms with Crippen LogP contribution in [0.15, 0.2) is 36.4 Å². The highest BCUT2D eigenvalue weighted by Gasteiger charge is 2.52. The average molecular weight is 327 g/mol. The van der Waals surface area contributed by atoms with E-state index in [-0.39, 0.29) is 0 Å². The topological polar surface area (TPSA) is 24.1 Å². The summed E-state index contributed by atoms with van der Waals surface area (Å²) < 4.78 is 0. The van der Waals surface area contributed by atoms with Crippen LogP contribution in [0, 0.1) is 23.7 Å². The first-order valence-corrected chi connectivity index (χ1v) is 9.37. The molecule has 0 saturated heterocycles. The summed E-state index contributed by atoms with van der Waals surface area (Å²) in [5.74, 6) is 4.00. The number of anilines is 1. The molecule has 0 amide bonds. The van der Waals surface area contributed by atoms with Crippen molar-refractivity contribution in [3.63, 3.8) is 0 Å². The van der Waals surface area contributed by atoms with Crippen molar-refractivity contribution >= 4 is 23.0 Å². The van der Waals surface area contributed by atoms with Gasteiger partial charge in [0.15, 0.2) is 5.11 Å². The molecule has 0 spiro atoms. The molecule has 1 aromatic rings. The van der Waals surface area contributed by atoms with Gasteiger partial charge in [0.05, 0.1) is 0 Å². The van der Waals surface area contributed by atoms with Gasteiger partial charge in [0, 0.05) is 11.7 Å². The van der Waals surface area contributed by atoms with Crippen molar-refractivity contribution in [3.8, 4) is 0 Å². The largest absolute Gasteiger partial charge is 0.359 e. The fourth-order valence-electron chi connectivity index (χ4n) is 5.00. The molecule has 5 atom stereocenters. The zero-order valence-corrected chi connectivity index (χ0v) is 14.8. The number of hydrogen-bond acceptors (Lipinski definition) is 1. The third-order valence-corrected chi connectivity index (χ3v) is 6.38. The third kappa shape index (κ3) is 2.80. The molecule has 2 bridgehead atoms. The van der Waals surface area contributed by atoms with Gasteiger partial charge in [0.2, 0.25) is 0 Å². The van der Waals surface area contributed by atoms with Gasteiger partial charge >= 0.3 is 0 Å².